The Morgan fingerprint density at radius 3 is 2.59 bits per heavy atom. The summed E-state index contributed by atoms with van der Waals surface area (Å²) in [5, 5.41) is 6.64. The van der Waals surface area contributed by atoms with Crippen molar-refractivity contribution in [1.29, 1.82) is 0 Å². The Bertz CT molecular complexity index is 1060. The number of thiophene rings is 1. The van der Waals surface area contributed by atoms with Crippen LogP contribution < -0.4 is 10.1 Å². The summed E-state index contributed by atoms with van der Waals surface area (Å²) >= 11 is 1.64. The van der Waals surface area contributed by atoms with Gasteiger partial charge in [0, 0.05) is 10.9 Å². The number of hydrogen-bond donors (Lipinski definition) is 1. The first-order chi connectivity index (χ1) is 13.3. The van der Waals surface area contributed by atoms with Gasteiger partial charge in [-0.15, -0.1) is 11.3 Å². The third kappa shape index (κ3) is 3.51. The molecule has 0 bridgehead atoms. The fourth-order valence-corrected chi connectivity index (χ4v) is 4.00. The van der Waals surface area contributed by atoms with Gasteiger partial charge in [-0.2, -0.15) is 0 Å². The molecule has 0 amide bonds. The van der Waals surface area contributed by atoms with Gasteiger partial charge in [-0.05, 0) is 36.6 Å². The summed E-state index contributed by atoms with van der Waals surface area (Å²) in [5.74, 6) is 1.61. The molecule has 5 heteroatoms. The highest BCUT2D eigenvalue weighted by molar-refractivity contribution is 7.17. The quantitative estimate of drug-likeness (QED) is 0.445. The Hall–Kier alpha value is -2.92. The lowest BCUT2D eigenvalue weighted by Crippen LogP contribution is -2.00. The molecule has 2 aromatic heterocycles. The molecule has 27 heavy (non-hydrogen) atoms. The summed E-state index contributed by atoms with van der Waals surface area (Å²) in [6.07, 6.45) is 2.64. The smallest absolute Gasteiger partial charge is 0.143 e. The first-order valence-electron chi connectivity index (χ1n) is 9.10. The van der Waals surface area contributed by atoms with E-state index in [1.54, 1.807) is 17.7 Å². The molecule has 0 spiro atoms. The zero-order chi connectivity index (χ0) is 18.6. The zero-order valence-corrected chi connectivity index (χ0v) is 16.2. The van der Waals surface area contributed by atoms with Crippen molar-refractivity contribution in [3.8, 4) is 16.9 Å². The number of benzene rings is 2. The van der Waals surface area contributed by atoms with E-state index >= 15 is 0 Å². The Morgan fingerprint density at radius 2 is 1.81 bits per heavy atom. The van der Waals surface area contributed by atoms with E-state index in [4.69, 9.17) is 4.74 Å². The fourth-order valence-electron chi connectivity index (χ4n) is 3.08. The molecule has 0 radical (unpaired) electrons. The van der Waals surface area contributed by atoms with E-state index in [1.165, 1.54) is 11.1 Å². The standard InChI is InChI=1S/C22H21N3OS/c1-3-15-9-11-16(12-10-15)17-13-27-22-20(17)21(23-14-24-22)25-18-7-5-6-8-19(18)26-4-2/h5-14H,3-4H2,1-2H3,(H,23,24,25). The van der Waals surface area contributed by atoms with E-state index in [0.29, 0.717) is 6.61 Å². The second kappa shape index (κ2) is 7.76. The summed E-state index contributed by atoms with van der Waals surface area (Å²) in [6, 6.07) is 16.6. The van der Waals surface area contributed by atoms with E-state index in [-0.39, 0.29) is 0 Å². The van der Waals surface area contributed by atoms with Crippen LogP contribution in [0.2, 0.25) is 0 Å². The molecule has 2 aromatic carbocycles. The molecule has 0 saturated heterocycles. The number of ether oxygens (including phenoxy) is 1. The highest BCUT2D eigenvalue weighted by Crippen LogP contribution is 2.38. The fraction of sp³-hybridized carbons (Fsp3) is 0.182. The zero-order valence-electron chi connectivity index (χ0n) is 15.4. The van der Waals surface area contributed by atoms with Crippen LogP contribution in [0.15, 0.2) is 60.2 Å². The lowest BCUT2D eigenvalue weighted by Gasteiger charge is -2.13. The average Bonchev–Trinajstić information content (AvgIpc) is 3.15. The minimum absolute atomic E-state index is 0.616. The van der Waals surface area contributed by atoms with Crippen LogP contribution in [0.4, 0.5) is 11.5 Å². The molecule has 4 aromatic rings. The first kappa shape index (κ1) is 17.5. The summed E-state index contributed by atoms with van der Waals surface area (Å²) in [5.41, 5.74) is 4.56. The van der Waals surface area contributed by atoms with E-state index in [9.17, 15) is 0 Å². The van der Waals surface area contributed by atoms with Gasteiger partial charge in [0.1, 0.15) is 22.7 Å². The van der Waals surface area contributed by atoms with Crippen molar-refractivity contribution < 1.29 is 4.74 Å². The van der Waals surface area contributed by atoms with Crippen molar-refractivity contribution in [2.45, 2.75) is 20.3 Å². The second-order valence-corrected chi connectivity index (χ2v) is 7.01. The number of nitrogens with one attached hydrogen (secondary N) is 1. The number of rotatable bonds is 6. The minimum atomic E-state index is 0.616. The first-order valence-corrected chi connectivity index (χ1v) is 9.98. The lowest BCUT2D eigenvalue weighted by molar-refractivity contribution is 0.342. The Labute approximate surface area is 162 Å². The highest BCUT2D eigenvalue weighted by atomic mass is 32.1. The molecule has 136 valence electrons. The Kier molecular flexibility index (Phi) is 5.03. The van der Waals surface area contributed by atoms with Crippen molar-refractivity contribution >= 4 is 33.1 Å². The number of para-hydroxylation sites is 2. The number of anilines is 2. The molecule has 0 aliphatic carbocycles. The summed E-state index contributed by atoms with van der Waals surface area (Å²) in [7, 11) is 0. The van der Waals surface area contributed by atoms with Gasteiger partial charge in [0.05, 0.1) is 17.7 Å². The van der Waals surface area contributed by atoms with Crippen LogP contribution in [0.25, 0.3) is 21.3 Å². The third-order valence-corrected chi connectivity index (χ3v) is 5.37. The second-order valence-electron chi connectivity index (χ2n) is 6.16. The molecule has 0 atom stereocenters. The Morgan fingerprint density at radius 1 is 1.00 bits per heavy atom. The van der Waals surface area contributed by atoms with Crippen LogP contribution in [0, 0.1) is 0 Å². The van der Waals surface area contributed by atoms with Gasteiger partial charge >= 0.3 is 0 Å². The van der Waals surface area contributed by atoms with Gasteiger partial charge in [-0.25, -0.2) is 9.97 Å². The van der Waals surface area contributed by atoms with Gasteiger partial charge in [-0.1, -0.05) is 43.3 Å². The SMILES string of the molecule is CCOc1ccccc1Nc1ncnc2scc(-c3ccc(CC)cc3)c12. The number of aryl methyl sites for hydroxylation is 1. The number of hydrogen-bond acceptors (Lipinski definition) is 5. The molecule has 0 unspecified atom stereocenters. The molecule has 0 aliphatic rings. The molecular formula is C22H21N3OS. The summed E-state index contributed by atoms with van der Waals surface area (Å²) in [4.78, 5) is 9.95. The van der Waals surface area contributed by atoms with Crippen LogP contribution in [0.5, 0.6) is 5.75 Å². The highest BCUT2D eigenvalue weighted by Gasteiger charge is 2.14. The van der Waals surface area contributed by atoms with Gasteiger partial charge < -0.3 is 10.1 Å². The summed E-state index contributed by atoms with van der Waals surface area (Å²) < 4.78 is 5.74. The van der Waals surface area contributed by atoms with Gasteiger partial charge in [-0.3, -0.25) is 0 Å². The van der Waals surface area contributed by atoms with Crippen LogP contribution in [-0.4, -0.2) is 16.6 Å². The van der Waals surface area contributed by atoms with Crippen LogP contribution in [0.1, 0.15) is 19.4 Å². The third-order valence-electron chi connectivity index (χ3n) is 4.48. The van der Waals surface area contributed by atoms with Crippen molar-refractivity contribution in [3.05, 3.63) is 65.8 Å². The van der Waals surface area contributed by atoms with Crippen molar-refractivity contribution in [3.63, 3.8) is 0 Å². The van der Waals surface area contributed by atoms with Crippen molar-refractivity contribution in [2.24, 2.45) is 0 Å². The maximum absolute atomic E-state index is 5.74. The van der Waals surface area contributed by atoms with Gasteiger partial charge in [0.15, 0.2) is 0 Å². The largest absolute Gasteiger partial charge is 0.492 e. The maximum atomic E-state index is 5.74. The number of fused-ring (bicyclic) bond motifs is 1. The molecule has 0 aliphatic heterocycles. The van der Waals surface area contributed by atoms with Crippen LogP contribution in [0.3, 0.4) is 0 Å². The van der Waals surface area contributed by atoms with E-state index in [2.05, 4.69) is 51.9 Å². The molecule has 2 heterocycles. The van der Waals surface area contributed by atoms with Crippen LogP contribution in [-0.2, 0) is 6.42 Å². The van der Waals surface area contributed by atoms with E-state index < -0.39 is 0 Å². The molecular weight excluding hydrogens is 354 g/mol. The average molecular weight is 375 g/mol. The van der Waals surface area contributed by atoms with E-state index in [1.807, 2.05) is 31.2 Å². The van der Waals surface area contributed by atoms with Gasteiger partial charge in [0.25, 0.3) is 0 Å². The molecule has 1 N–H and O–H groups in total. The number of nitrogens with zero attached hydrogens (tertiary/aromatic N) is 2. The molecule has 0 fully saturated rings. The normalized spacial score (nSPS) is 10.9. The molecule has 4 rings (SSSR count). The number of aromatic nitrogens is 2. The predicted molar refractivity (Wildman–Crippen MR) is 113 cm³/mol. The van der Waals surface area contributed by atoms with Gasteiger partial charge in [0.2, 0.25) is 0 Å². The van der Waals surface area contributed by atoms with Crippen molar-refractivity contribution in [1.82, 2.24) is 9.97 Å². The molecule has 0 saturated carbocycles. The summed E-state index contributed by atoms with van der Waals surface area (Å²) in [6.45, 7) is 4.77. The lowest BCUT2D eigenvalue weighted by atomic mass is 10.0. The maximum Gasteiger partial charge on any atom is 0.143 e. The minimum Gasteiger partial charge on any atom is -0.492 e. The predicted octanol–water partition coefficient (Wildman–Crippen LogP) is 6.06. The molecule has 4 nitrogen and oxygen atoms in total. The van der Waals surface area contributed by atoms with Crippen molar-refractivity contribution in [2.75, 3.05) is 11.9 Å². The topological polar surface area (TPSA) is 47.0 Å². The Balaban J connectivity index is 1.79. The monoisotopic (exact) mass is 375 g/mol. The van der Waals surface area contributed by atoms with Crippen LogP contribution >= 0.6 is 11.3 Å². The van der Waals surface area contributed by atoms with E-state index in [0.717, 1.165) is 39.5 Å².